The maximum Gasteiger partial charge on any atom is 0.233 e. The van der Waals surface area contributed by atoms with E-state index in [1.165, 1.54) is 0 Å². The molecule has 0 aromatic heterocycles. The van der Waals surface area contributed by atoms with Crippen molar-refractivity contribution in [2.24, 2.45) is 5.73 Å². The lowest BCUT2D eigenvalue weighted by molar-refractivity contribution is -0.122. The Morgan fingerprint density at radius 3 is 2.40 bits per heavy atom. The molecule has 15 heavy (non-hydrogen) atoms. The van der Waals surface area contributed by atoms with Gasteiger partial charge in [0.25, 0.3) is 0 Å². The maximum atomic E-state index is 11.2. The summed E-state index contributed by atoms with van der Waals surface area (Å²) in [6, 6.07) is 0. The van der Waals surface area contributed by atoms with Crippen molar-refractivity contribution in [3.05, 3.63) is 0 Å². The van der Waals surface area contributed by atoms with Gasteiger partial charge in [0.2, 0.25) is 5.91 Å². The largest absolute Gasteiger partial charge is 0.358 e. The molecule has 0 bridgehead atoms. The summed E-state index contributed by atoms with van der Waals surface area (Å²) in [6.07, 6.45) is 1.06. The van der Waals surface area contributed by atoms with Crippen molar-refractivity contribution in [1.82, 2.24) is 15.1 Å². The summed E-state index contributed by atoms with van der Waals surface area (Å²) >= 11 is 0. The molecule has 0 atom stereocenters. The van der Waals surface area contributed by atoms with Crippen LogP contribution in [0, 0.1) is 0 Å². The lowest BCUT2D eigenvalue weighted by Crippen LogP contribution is -2.49. The van der Waals surface area contributed by atoms with Gasteiger partial charge in [-0.15, -0.1) is 0 Å². The minimum absolute atomic E-state index is 0.102. The summed E-state index contributed by atoms with van der Waals surface area (Å²) in [6.45, 7) is 6.45. The zero-order valence-corrected chi connectivity index (χ0v) is 9.54. The summed E-state index contributed by atoms with van der Waals surface area (Å²) in [7, 11) is 1.68. The summed E-state index contributed by atoms with van der Waals surface area (Å²) in [5.41, 5.74) is 5.47. The van der Waals surface area contributed by atoms with Gasteiger partial charge in [-0.25, -0.2) is 0 Å². The highest BCUT2D eigenvalue weighted by atomic mass is 16.1. The van der Waals surface area contributed by atoms with Gasteiger partial charge < -0.3 is 16.0 Å². The van der Waals surface area contributed by atoms with Gasteiger partial charge in [0.15, 0.2) is 0 Å². The molecule has 0 aromatic rings. The van der Waals surface area contributed by atoms with Crippen LogP contribution >= 0.6 is 0 Å². The zero-order chi connectivity index (χ0) is 11.1. The predicted octanol–water partition coefficient (Wildman–Crippen LogP) is -1.30. The maximum absolute atomic E-state index is 11.2. The van der Waals surface area contributed by atoms with Crippen LogP contribution in [0.25, 0.3) is 0 Å². The Balaban J connectivity index is 2.15. The van der Waals surface area contributed by atoms with E-state index < -0.39 is 0 Å². The second kappa shape index (κ2) is 6.76. The summed E-state index contributed by atoms with van der Waals surface area (Å²) in [5, 5.41) is 2.65. The van der Waals surface area contributed by atoms with Crippen LogP contribution in [0.5, 0.6) is 0 Å². The number of hydrogen-bond donors (Lipinski definition) is 2. The monoisotopic (exact) mass is 214 g/mol. The molecule has 88 valence electrons. The van der Waals surface area contributed by atoms with Crippen LogP contribution in [-0.4, -0.2) is 68.6 Å². The smallest absolute Gasteiger partial charge is 0.233 e. The fourth-order valence-corrected chi connectivity index (χ4v) is 1.77. The molecule has 1 amide bonds. The quantitative estimate of drug-likeness (QED) is 0.597. The van der Waals surface area contributed by atoms with Gasteiger partial charge in [-0.05, 0) is 19.5 Å². The molecule has 0 aromatic carbocycles. The molecule has 1 saturated heterocycles. The first-order valence-electron chi connectivity index (χ1n) is 5.61. The van der Waals surface area contributed by atoms with Crippen LogP contribution in [0.3, 0.4) is 0 Å². The summed E-state index contributed by atoms with van der Waals surface area (Å²) < 4.78 is 0. The van der Waals surface area contributed by atoms with E-state index in [-0.39, 0.29) is 5.91 Å². The highest BCUT2D eigenvalue weighted by molar-refractivity contribution is 5.77. The fraction of sp³-hybridized carbons (Fsp3) is 0.900. The van der Waals surface area contributed by atoms with E-state index in [1.54, 1.807) is 7.05 Å². The third-order valence-corrected chi connectivity index (χ3v) is 2.79. The molecule has 0 unspecified atom stereocenters. The van der Waals surface area contributed by atoms with E-state index in [4.69, 9.17) is 5.73 Å². The van der Waals surface area contributed by atoms with Crippen LogP contribution in [0.2, 0.25) is 0 Å². The molecule has 1 aliphatic heterocycles. The Kier molecular flexibility index (Phi) is 5.60. The van der Waals surface area contributed by atoms with Crippen LogP contribution in [-0.2, 0) is 4.79 Å². The topological polar surface area (TPSA) is 61.6 Å². The fourth-order valence-electron chi connectivity index (χ4n) is 1.77. The van der Waals surface area contributed by atoms with Gasteiger partial charge in [-0.1, -0.05) is 0 Å². The Morgan fingerprint density at radius 2 is 1.87 bits per heavy atom. The first kappa shape index (κ1) is 12.4. The summed E-state index contributed by atoms with van der Waals surface area (Å²) in [4.78, 5) is 15.8. The van der Waals surface area contributed by atoms with Gasteiger partial charge >= 0.3 is 0 Å². The second-order valence-corrected chi connectivity index (χ2v) is 3.93. The molecule has 0 saturated carbocycles. The number of rotatable bonds is 5. The second-order valence-electron chi connectivity index (χ2n) is 3.93. The third kappa shape index (κ3) is 4.59. The number of carbonyl (C=O) groups excluding carboxylic acids is 1. The number of amides is 1. The molecule has 1 aliphatic rings. The van der Waals surface area contributed by atoms with Crippen molar-refractivity contribution in [2.45, 2.75) is 6.42 Å². The van der Waals surface area contributed by atoms with E-state index in [0.29, 0.717) is 6.54 Å². The number of nitrogens with one attached hydrogen (secondary N) is 1. The Labute approximate surface area is 91.6 Å². The van der Waals surface area contributed by atoms with Crippen molar-refractivity contribution in [3.63, 3.8) is 0 Å². The van der Waals surface area contributed by atoms with Crippen LogP contribution in [0.4, 0.5) is 0 Å². The van der Waals surface area contributed by atoms with E-state index >= 15 is 0 Å². The molecule has 0 spiro atoms. The summed E-state index contributed by atoms with van der Waals surface area (Å²) in [5.74, 6) is 0.102. The first-order valence-corrected chi connectivity index (χ1v) is 5.61. The molecule has 0 aliphatic carbocycles. The molecule has 1 fully saturated rings. The molecular weight excluding hydrogens is 192 g/mol. The lowest BCUT2D eigenvalue weighted by Gasteiger charge is -2.34. The van der Waals surface area contributed by atoms with Crippen LogP contribution < -0.4 is 11.1 Å². The SMILES string of the molecule is CNC(=O)CN1CCN(CCCN)CC1. The van der Waals surface area contributed by atoms with Crippen molar-refractivity contribution in [3.8, 4) is 0 Å². The van der Waals surface area contributed by atoms with E-state index in [9.17, 15) is 4.79 Å². The predicted molar refractivity (Wildman–Crippen MR) is 60.6 cm³/mol. The number of hydrogen-bond acceptors (Lipinski definition) is 4. The van der Waals surface area contributed by atoms with Gasteiger partial charge in [0, 0.05) is 33.2 Å². The first-order chi connectivity index (χ1) is 7.26. The molecule has 1 rings (SSSR count). The number of piperazine rings is 1. The average Bonchev–Trinajstić information content (AvgIpc) is 2.28. The van der Waals surface area contributed by atoms with Crippen LogP contribution in [0.1, 0.15) is 6.42 Å². The molecule has 1 heterocycles. The van der Waals surface area contributed by atoms with Crippen molar-refractivity contribution in [2.75, 3.05) is 52.9 Å². The minimum atomic E-state index is 0.102. The van der Waals surface area contributed by atoms with Gasteiger partial charge in [-0.2, -0.15) is 0 Å². The standard InChI is InChI=1S/C10H22N4O/c1-12-10(15)9-14-7-5-13(6-8-14)4-2-3-11/h2-9,11H2,1H3,(H,12,15). The third-order valence-electron chi connectivity index (χ3n) is 2.79. The van der Waals surface area contributed by atoms with E-state index in [2.05, 4.69) is 15.1 Å². The minimum Gasteiger partial charge on any atom is -0.358 e. The Morgan fingerprint density at radius 1 is 1.27 bits per heavy atom. The zero-order valence-electron chi connectivity index (χ0n) is 9.54. The van der Waals surface area contributed by atoms with Crippen molar-refractivity contribution >= 4 is 5.91 Å². The molecule has 0 radical (unpaired) electrons. The molecule has 3 N–H and O–H groups in total. The number of nitrogens with zero attached hydrogens (tertiary/aromatic N) is 2. The lowest BCUT2D eigenvalue weighted by atomic mass is 10.3. The number of nitrogens with two attached hydrogens (primary N) is 1. The normalized spacial score (nSPS) is 19.1. The number of likely N-dealkylation sites (N-methyl/N-ethyl adjacent to an activating group) is 1. The van der Waals surface area contributed by atoms with Gasteiger partial charge in [-0.3, -0.25) is 9.69 Å². The molecular formula is C10H22N4O. The van der Waals surface area contributed by atoms with E-state index in [1.807, 2.05) is 0 Å². The Bertz CT molecular complexity index is 190. The van der Waals surface area contributed by atoms with Crippen molar-refractivity contribution < 1.29 is 4.79 Å². The number of carbonyl (C=O) groups is 1. The van der Waals surface area contributed by atoms with Crippen molar-refractivity contribution in [1.29, 1.82) is 0 Å². The van der Waals surface area contributed by atoms with E-state index in [0.717, 1.165) is 45.7 Å². The molecule has 5 nitrogen and oxygen atoms in total. The van der Waals surface area contributed by atoms with Crippen LogP contribution in [0.15, 0.2) is 0 Å². The van der Waals surface area contributed by atoms with Gasteiger partial charge in [0.1, 0.15) is 0 Å². The average molecular weight is 214 g/mol. The Hall–Kier alpha value is -0.650. The molecule has 5 heteroatoms. The highest BCUT2D eigenvalue weighted by Crippen LogP contribution is 2.01. The van der Waals surface area contributed by atoms with Gasteiger partial charge in [0.05, 0.1) is 6.54 Å². The highest BCUT2D eigenvalue weighted by Gasteiger charge is 2.17.